The second-order valence-corrected chi connectivity index (χ2v) is 6.92. The molecule has 0 radical (unpaired) electrons. The largest absolute Gasteiger partial charge is 0.381 e. The maximum atomic E-state index is 5.61. The molecule has 1 aromatic rings. The average Bonchev–Trinajstić information content (AvgIpc) is 3.29. The van der Waals surface area contributed by atoms with Crippen LogP contribution in [0.15, 0.2) is 35.3 Å². The Kier molecular flexibility index (Phi) is 5.21. The summed E-state index contributed by atoms with van der Waals surface area (Å²) in [5, 5.41) is 6.95. The van der Waals surface area contributed by atoms with E-state index in [1.54, 1.807) is 0 Å². The molecule has 1 saturated carbocycles. The first-order valence-corrected chi connectivity index (χ1v) is 8.92. The molecule has 0 spiro atoms. The lowest BCUT2D eigenvalue weighted by Gasteiger charge is -2.36. The highest BCUT2D eigenvalue weighted by Gasteiger charge is 2.36. The van der Waals surface area contributed by atoms with Crippen molar-refractivity contribution in [1.29, 1.82) is 0 Å². The maximum Gasteiger partial charge on any atom is 0.191 e. The van der Waals surface area contributed by atoms with Crippen molar-refractivity contribution in [3.8, 4) is 0 Å². The van der Waals surface area contributed by atoms with Crippen LogP contribution in [0.1, 0.15) is 38.7 Å². The molecule has 23 heavy (non-hydrogen) atoms. The lowest BCUT2D eigenvalue weighted by Crippen LogP contribution is -2.42. The van der Waals surface area contributed by atoms with Gasteiger partial charge in [-0.25, -0.2) is 0 Å². The van der Waals surface area contributed by atoms with E-state index in [1.165, 1.54) is 12.0 Å². The molecule has 1 heterocycles. The van der Waals surface area contributed by atoms with Crippen molar-refractivity contribution in [3.05, 3.63) is 35.9 Å². The summed E-state index contributed by atoms with van der Waals surface area (Å²) in [6.45, 7) is 7.77. The molecule has 0 aromatic heterocycles. The summed E-state index contributed by atoms with van der Waals surface area (Å²) in [7, 11) is 0. The first kappa shape index (κ1) is 16.3. The third kappa shape index (κ3) is 4.05. The van der Waals surface area contributed by atoms with Gasteiger partial charge in [-0.05, 0) is 37.7 Å². The van der Waals surface area contributed by atoms with Gasteiger partial charge in [0, 0.05) is 31.2 Å². The van der Waals surface area contributed by atoms with E-state index in [0.717, 1.165) is 51.0 Å². The van der Waals surface area contributed by atoms with E-state index in [-0.39, 0.29) is 5.41 Å². The second-order valence-electron chi connectivity index (χ2n) is 6.92. The number of nitrogens with zero attached hydrogens (tertiary/aromatic N) is 1. The molecular weight excluding hydrogens is 286 g/mol. The fourth-order valence-corrected chi connectivity index (χ4v) is 3.34. The van der Waals surface area contributed by atoms with Crippen LogP contribution >= 0.6 is 0 Å². The van der Waals surface area contributed by atoms with Crippen LogP contribution in [0.3, 0.4) is 0 Å². The van der Waals surface area contributed by atoms with E-state index in [4.69, 9.17) is 9.73 Å². The van der Waals surface area contributed by atoms with Crippen LogP contribution in [0.5, 0.6) is 0 Å². The Bertz CT molecular complexity index is 523. The standard InChI is InChI=1S/C19H29N3O/c1-3-20-18(22-17-13-15(17)2)21-14-19(9-11-23-12-10-19)16-7-5-4-6-8-16/h4-8,15,17H,3,9-14H2,1-2H3,(H2,20,21,22). The van der Waals surface area contributed by atoms with Gasteiger partial charge in [0.15, 0.2) is 5.96 Å². The topological polar surface area (TPSA) is 45.7 Å². The third-order valence-electron chi connectivity index (χ3n) is 5.15. The number of nitrogens with one attached hydrogen (secondary N) is 2. The number of hydrogen-bond donors (Lipinski definition) is 2. The van der Waals surface area contributed by atoms with Crippen molar-refractivity contribution < 1.29 is 4.74 Å². The molecule has 2 aliphatic rings. The lowest BCUT2D eigenvalue weighted by molar-refractivity contribution is 0.0531. The minimum atomic E-state index is 0.108. The molecule has 1 aliphatic heterocycles. The average molecular weight is 315 g/mol. The van der Waals surface area contributed by atoms with Crippen LogP contribution in [0.25, 0.3) is 0 Å². The Hall–Kier alpha value is -1.55. The minimum absolute atomic E-state index is 0.108. The maximum absolute atomic E-state index is 5.61. The van der Waals surface area contributed by atoms with E-state index in [2.05, 4.69) is 54.8 Å². The fourth-order valence-electron chi connectivity index (χ4n) is 3.34. The van der Waals surface area contributed by atoms with Gasteiger partial charge in [0.05, 0.1) is 6.54 Å². The van der Waals surface area contributed by atoms with Gasteiger partial charge >= 0.3 is 0 Å². The number of ether oxygens (including phenoxy) is 1. The molecule has 2 atom stereocenters. The van der Waals surface area contributed by atoms with Crippen LogP contribution in [-0.2, 0) is 10.2 Å². The normalized spacial score (nSPS) is 26.6. The van der Waals surface area contributed by atoms with Gasteiger partial charge in [0.25, 0.3) is 0 Å². The molecule has 4 heteroatoms. The van der Waals surface area contributed by atoms with Gasteiger partial charge in [0.1, 0.15) is 0 Å². The summed E-state index contributed by atoms with van der Waals surface area (Å²) in [5.41, 5.74) is 1.50. The number of guanidine groups is 1. The number of benzene rings is 1. The second kappa shape index (κ2) is 7.35. The summed E-state index contributed by atoms with van der Waals surface area (Å²) >= 11 is 0. The van der Waals surface area contributed by atoms with E-state index in [0.29, 0.717) is 6.04 Å². The molecule has 4 nitrogen and oxygen atoms in total. The molecule has 2 fully saturated rings. The molecule has 1 saturated heterocycles. The molecule has 2 unspecified atom stereocenters. The van der Waals surface area contributed by atoms with Crippen LogP contribution in [0.2, 0.25) is 0 Å². The van der Waals surface area contributed by atoms with Crippen molar-refractivity contribution in [2.45, 2.75) is 44.6 Å². The number of hydrogen-bond acceptors (Lipinski definition) is 2. The Morgan fingerprint density at radius 2 is 1.96 bits per heavy atom. The highest BCUT2D eigenvalue weighted by atomic mass is 16.5. The fraction of sp³-hybridized carbons (Fsp3) is 0.632. The molecule has 0 bridgehead atoms. The SMILES string of the molecule is CCNC(=NCC1(c2ccccc2)CCOCC1)NC1CC1C. The van der Waals surface area contributed by atoms with Crippen molar-refractivity contribution in [2.24, 2.45) is 10.9 Å². The molecule has 126 valence electrons. The van der Waals surface area contributed by atoms with Crippen molar-refractivity contribution in [3.63, 3.8) is 0 Å². The monoisotopic (exact) mass is 315 g/mol. The van der Waals surface area contributed by atoms with E-state index in [9.17, 15) is 0 Å². The quantitative estimate of drug-likeness (QED) is 0.649. The van der Waals surface area contributed by atoms with Gasteiger partial charge in [0.2, 0.25) is 0 Å². The zero-order chi connectivity index (χ0) is 16.1. The highest BCUT2D eigenvalue weighted by molar-refractivity contribution is 5.80. The Balaban J connectivity index is 1.75. The highest BCUT2D eigenvalue weighted by Crippen LogP contribution is 2.35. The van der Waals surface area contributed by atoms with E-state index < -0.39 is 0 Å². The van der Waals surface area contributed by atoms with Crippen LogP contribution in [-0.4, -0.2) is 38.3 Å². The van der Waals surface area contributed by atoms with Crippen molar-refractivity contribution in [2.75, 3.05) is 26.3 Å². The summed E-state index contributed by atoms with van der Waals surface area (Å²) in [5.74, 6) is 1.73. The summed E-state index contributed by atoms with van der Waals surface area (Å²) < 4.78 is 5.61. The summed E-state index contributed by atoms with van der Waals surface area (Å²) in [6.07, 6.45) is 3.33. The van der Waals surface area contributed by atoms with Gasteiger partial charge < -0.3 is 15.4 Å². The summed E-state index contributed by atoms with van der Waals surface area (Å²) in [6, 6.07) is 11.4. The Labute approximate surface area is 139 Å². The van der Waals surface area contributed by atoms with Gasteiger partial charge in [-0.1, -0.05) is 37.3 Å². The first-order valence-electron chi connectivity index (χ1n) is 8.92. The zero-order valence-electron chi connectivity index (χ0n) is 14.3. The Morgan fingerprint density at radius 3 is 2.57 bits per heavy atom. The van der Waals surface area contributed by atoms with Crippen LogP contribution in [0, 0.1) is 5.92 Å². The van der Waals surface area contributed by atoms with Crippen molar-refractivity contribution >= 4 is 5.96 Å². The first-order chi connectivity index (χ1) is 11.2. The molecule has 0 amide bonds. The molecule has 1 aliphatic carbocycles. The lowest BCUT2D eigenvalue weighted by atomic mass is 9.74. The Morgan fingerprint density at radius 1 is 1.26 bits per heavy atom. The molecular formula is C19H29N3O. The predicted octanol–water partition coefficient (Wildman–Crippen LogP) is 2.70. The molecule has 1 aromatic carbocycles. The zero-order valence-corrected chi connectivity index (χ0v) is 14.3. The van der Waals surface area contributed by atoms with E-state index >= 15 is 0 Å². The van der Waals surface area contributed by atoms with Gasteiger partial charge in [-0.3, -0.25) is 4.99 Å². The van der Waals surface area contributed by atoms with Gasteiger partial charge in [-0.2, -0.15) is 0 Å². The number of aliphatic imine (C=N–C) groups is 1. The van der Waals surface area contributed by atoms with Gasteiger partial charge in [-0.15, -0.1) is 0 Å². The van der Waals surface area contributed by atoms with Crippen LogP contribution < -0.4 is 10.6 Å². The smallest absolute Gasteiger partial charge is 0.191 e. The van der Waals surface area contributed by atoms with Crippen LogP contribution in [0.4, 0.5) is 0 Å². The number of rotatable bonds is 5. The third-order valence-corrected chi connectivity index (χ3v) is 5.15. The molecule has 3 rings (SSSR count). The molecule has 2 N–H and O–H groups in total. The van der Waals surface area contributed by atoms with E-state index in [1.807, 2.05) is 0 Å². The predicted molar refractivity (Wildman–Crippen MR) is 94.9 cm³/mol. The van der Waals surface area contributed by atoms with Crippen molar-refractivity contribution in [1.82, 2.24) is 10.6 Å². The minimum Gasteiger partial charge on any atom is -0.381 e. The summed E-state index contributed by atoms with van der Waals surface area (Å²) in [4.78, 5) is 4.94.